The standard InChI is InChI=1S/C16H23N3OS/c1-12-3-5-14(6-4-12)11-15(20)19-9-7-18(8-10-19)13(2)16(17)21/h3-6,13H,7-11H2,1-2H3,(H2,17,21). The van der Waals surface area contributed by atoms with Gasteiger partial charge in [0.25, 0.3) is 0 Å². The fourth-order valence-electron chi connectivity index (χ4n) is 2.53. The van der Waals surface area contributed by atoms with E-state index in [2.05, 4.69) is 4.90 Å². The number of rotatable bonds is 4. The van der Waals surface area contributed by atoms with Gasteiger partial charge < -0.3 is 10.6 Å². The Bertz CT molecular complexity index is 507. The lowest BCUT2D eigenvalue weighted by Crippen LogP contribution is -2.54. The van der Waals surface area contributed by atoms with Crippen LogP contribution in [0.1, 0.15) is 18.1 Å². The molecule has 1 amide bonds. The third kappa shape index (κ3) is 4.25. The molecule has 1 aliphatic heterocycles. The molecule has 0 aromatic heterocycles. The number of thiocarbonyl (C=S) groups is 1. The van der Waals surface area contributed by atoms with Crippen LogP contribution < -0.4 is 5.73 Å². The quantitative estimate of drug-likeness (QED) is 0.853. The number of amides is 1. The van der Waals surface area contributed by atoms with E-state index in [1.807, 2.05) is 43.0 Å². The third-order valence-corrected chi connectivity index (χ3v) is 4.44. The van der Waals surface area contributed by atoms with Gasteiger partial charge in [-0.05, 0) is 19.4 Å². The summed E-state index contributed by atoms with van der Waals surface area (Å²) < 4.78 is 0. The zero-order valence-corrected chi connectivity index (χ0v) is 13.5. The van der Waals surface area contributed by atoms with E-state index >= 15 is 0 Å². The molecular formula is C16H23N3OS. The Morgan fingerprint density at radius 3 is 2.33 bits per heavy atom. The summed E-state index contributed by atoms with van der Waals surface area (Å²) in [6.45, 7) is 7.23. The molecule has 1 unspecified atom stereocenters. The molecule has 0 radical (unpaired) electrons. The summed E-state index contributed by atoms with van der Waals surface area (Å²) in [6, 6.07) is 8.25. The van der Waals surface area contributed by atoms with Gasteiger partial charge in [-0.3, -0.25) is 9.69 Å². The monoisotopic (exact) mass is 305 g/mol. The van der Waals surface area contributed by atoms with E-state index in [4.69, 9.17) is 18.0 Å². The van der Waals surface area contributed by atoms with Crippen LogP contribution in [0.3, 0.4) is 0 Å². The summed E-state index contributed by atoms with van der Waals surface area (Å²) >= 11 is 5.03. The van der Waals surface area contributed by atoms with Gasteiger partial charge in [-0.2, -0.15) is 0 Å². The first-order valence-electron chi connectivity index (χ1n) is 7.34. The number of carbonyl (C=O) groups excluding carboxylic acids is 1. The van der Waals surface area contributed by atoms with E-state index in [0.717, 1.165) is 31.7 Å². The topological polar surface area (TPSA) is 49.6 Å². The smallest absolute Gasteiger partial charge is 0.227 e. The molecule has 1 heterocycles. The van der Waals surface area contributed by atoms with Crippen molar-refractivity contribution in [1.82, 2.24) is 9.80 Å². The Labute approximate surface area is 131 Å². The summed E-state index contributed by atoms with van der Waals surface area (Å²) in [7, 11) is 0. The maximum atomic E-state index is 12.3. The molecule has 4 nitrogen and oxygen atoms in total. The van der Waals surface area contributed by atoms with Gasteiger partial charge in [0.2, 0.25) is 5.91 Å². The molecule has 0 bridgehead atoms. The molecule has 5 heteroatoms. The van der Waals surface area contributed by atoms with Gasteiger partial charge in [0, 0.05) is 26.2 Å². The van der Waals surface area contributed by atoms with Crippen LogP contribution in [-0.2, 0) is 11.2 Å². The van der Waals surface area contributed by atoms with E-state index < -0.39 is 0 Å². The first-order chi connectivity index (χ1) is 9.97. The van der Waals surface area contributed by atoms with Crippen LogP contribution in [0.4, 0.5) is 0 Å². The fourth-order valence-corrected chi connectivity index (χ4v) is 2.68. The maximum absolute atomic E-state index is 12.3. The Kier molecular flexibility index (Phi) is 5.31. The van der Waals surface area contributed by atoms with Crippen LogP contribution in [0.15, 0.2) is 24.3 Å². The molecule has 1 aromatic rings. The molecule has 1 saturated heterocycles. The van der Waals surface area contributed by atoms with Gasteiger partial charge >= 0.3 is 0 Å². The minimum Gasteiger partial charge on any atom is -0.392 e. The summed E-state index contributed by atoms with van der Waals surface area (Å²) in [5.41, 5.74) is 7.97. The first kappa shape index (κ1) is 15.9. The first-order valence-corrected chi connectivity index (χ1v) is 7.75. The number of piperazine rings is 1. The maximum Gasteiger partial charge on any atom is 0.227 e. The normalized spacial score (nSPS) is 17.5. The predicted molar refractivity (Wildman–Crippen MR) is 89.3 cm³/mol. The highest BCUT2D eigenvalue weighted by molar-refractivity contribution is 7.80. The zero-order chi connectivity index (χ0) is 15.4. The highest BCUT2D eigenvalue weighted by Crippen LogP contribution is 2.10. The lowest BCUT2D eigenvalue weighted by atomic mass is 10.1. The van der Waals surface area contributed by atoms with Crippen molar-refractivity contribution in [3.8, 4) is 0 Å². The lowest BCUT2D eigenvalue weighted by molar-refractivity contribution is -0.132. The van der Waals surface area contributed by atoms with Gasteiger partial charge in [-0.25, -0.2) is 0 Å². The van der Waals surface area contributed by atoms with Crippen molar-refractivity contribution < 1.29 is 4.79 Å². The van der Waals surface area contributed by atoms with Gasteiger partial charge in [0.1, 0.15) is 0 Å². The average Bonchev–Trinajstić information content (AvgIpc) is 2.49. The molecule has 1 aromatic carbocycles. The van der Waals surface area contributed by atoms with Crippen molar-refractivity contribution in [2.24, 2.45) is 5.73 Å². The average molecular weight is 305 g/mol. The van der Waals surface area contributed by atoms with Gasteiger partial charge in [-0.15, -0.1) is 0 Å². The Balaban J connectivity index is 1.85. The second kappa shape index (κ2) is 7.00. The Morgan fingerprint density at radius 1 is 1.24 bits per heavy atom. The van der Waals surface area contributed by atoms with Crippen LogP contribution in [-0.4, -0.2) is 52.9 Å². The van der Waals surface area contributed by atoms with Crippen molar-refractivity contribution in [2.45, 2.75) is 26.3 Å². The molecule has 2 rings (SSSR count). The molecule has 1 atom stereocenters. The molecular weight excluding hydrogens is 282 g/mol. The molecule has 0 aliphatic carbocycles. The summed E-state index contributed by atoms with van der Waals surface area (Å²) in [6.07, 6.45) is 0.477. The van der Waals surface area contributed by atoms with Gasteiger partial charge in [0.05, 0.1) is 17.5 Å². The molecule has 1 aliphatic rings. The minimum atomic E-state index is 0.106. The molecule has 0 saturated carbocycles. The highest BCUT2D eigenvalue weighted by Gasteiger charge is 2.24. The van der Waals surface area contributed by atoms with E-state index in [1.165, 1.54) is 5.56 Å². The van der Waals surface area contributed by atoms with Crippen molar-refractivity contribution in [3.05, 3.63) is 35.4 Å². The molecule has 1 fully saturated rings. The number of nitrogens with zero attached hydrogens (tertiary/aromatic N) is 2. The number of carbonyl (C=O) groups is 1. The Hall–Kier alpha value is -1.46. The second-order valence-corrected chi connectivity index (χ2v) is 6.13. The van der Waals surface area contributed by atoms with Crippen molar-refractivity contribution in [2.75, 3.05) is 26.2 Å². The van der Waals surface area contributed by atoms with E-state index in [0.29, 0.717) is 11.4 Å². The zero-order valence-electron chi connectivity index (χ0n) is 12.7. The van der Waals surface area contributed by atoms with Crippen molar-refractivity contribution in [3.63, 3.8) is 0 Å². The van der Waals surface area contributed by atoms with E-state index in [-0.39, 0.29) is 11.9 Å². The highest BCUT2D eigenvalue weighted by atomic mass is 32.1. The van der Waals surface area contributed by atoms with E-state index in [1.54, 1.807) is 0 Å². The van der Waals surface area contributed by atoms with Crippen LogP contribution >= 0.6 is 12.2 Å². The van der Waals surface area contributed by atoms with Crippen molar-refractivity contribution >= 4 is 23.1 Å². The number of hydrogen-bond acceptors (Lipinski definition) is 3. The van der Waals surface area contributed by atoms with Crippen LogP contribution in [0.5, 0.6) is 0 Å². The van der Waals surface area contributed by atoms with Crippen molar-refractivity contribution in [1.29, 1.82) is 0 Å². The molecule has 0 spiro atoms. The Morgan fingerprint density at radius 2 is 1.81 bits per heavy atom. The van der Waals surface area contributed by atoms with Crippen LogP contribution in [0.25, 0.3) is 0 Å². The third-order valence-electron chi connectivity index (χ3n) is 4.10. The minimum absolute atomic E-state index is 0.106. The van der Waals surface area contributed by atoms with Crippen LogP contribution in [0.2, 0.25) is 0 Å². The number of aryl methyl sites for hydroxylation is 1. The van der Waals surface area contributed by atoms with Crippen LogP contribution in [0, 0.1) is 6.92 Å². The van der Waals surface area contributed by atoms with E-state index in [9.17, 15) is 4.79 Å². The fraction of sp³-hybridized carbons (Fsp3) is 0.500. The number of hydrogen-bond donors (Lipinski definition) is 1. The SMILES string of the molecule is Cc1ccc(CC(=O)N2CCN(C(C)C(N)=S)CC2)cc1. The second-order valence-electron chi connectivity index (χ2n) is 5.66. The van der Waals surface area contributed by atoms with Gasteiger partial charge in [-0.1, -0.05) is 42.0 Å². The number of nitrogens with two attached hydrogens (primary N) is 1. The predicted octanol–water partition coefficient (Wildman–Crippen LogP) is 1.36. The summed E-state index contributed by atoms with van der Waals surface area (Å²) in [5.74, 6) is 0.196. The van der Waals surface area contributed by atoms with Gasteiger partial charge in [0.15, 0.2) is 0 Å². The summed E-state index contributed by atoms with van der Waals surface area (Å²) in [5, 5.41) is 0. The largest absolute Gasteiger partial charge is 0.392 e. The number of benzene rings is 1. The lowest BCUT2D eigenvalue weighted by Gasteiger charge is -2.37. The molecule has 21 heavy (non-hydrogen) atoms. The molecule has 114 valence electrons. The summed E-state index contributed by atoms with van der Waals surface area (Å²) in [4.78, 5) is 17.0. The molecule has 2 N–H and O–H groups in total.